The zero-order chi connectivity index (χ0) is 19.1. The van der Waals surface area contributed by atoms with E-state index < -0.39 is 12.6 Å². The molecule has 0 aliphatic carbocycles. The summed E-state index contributed by atoms with van der Waals surface area (Å²) in [6.07, 6.45) is 0.0747. The standard InChI is InChI=1S/C17H19N3O5S/c1-10(2)16(24)20-17-19-12(9-26-17)7-14(21)18-11-3-5-13(6-4-11)25-8-15(22)23/h3-6,9-10H,7-8H2,1-2H3,(H,18,21)(H,22,23)(H,19,20,24). The van der Waals surface area contributed by atoms with Gasteiger partial charge < -0.3 is 20.5 Å². The molecule has 0 radical (unpaired) electrons. The summed E-state index contributed by atoms with van der Waals surface area (Å²) in [5, 5.41) is 16.1. The Balaban J connectivity index is 1.86. The molecule has 2 aromatic rings. The molecule has 9 heteroatoms. The summed E-state index contributed by atoms with van der Waals surface area (Å²) < 4.78 is 5.02. The van der Waals surface area contributed by atoms with E-state index in [2.05, 4.69) is 15.6 Å². The second-order valence-corrected chi connectivity index (χ2v) is 6.58. The highest BCUT2D eigenvalue weighted by atomic mass is 32.1. The third kappa shape index (κ3) is 6.17. The van der Waals surface area contributed by atoms with Crippen molar-refractivity contribution >= 4 is 39.9 Å². The molecular weight excluding hydrogens is 358 g/mol. The molecule has 0 atom stereocenters. The predicted molar refractivity (Wildman–Crippen MR) is 97.5 cm³/mol. The molecule has 1 heterocycles. The minimum atomic E-state index is -1.06. The molecule has 8 nitrogen and oxygen atoms in total. The minimum Gasteiger partial charge on any atom is -0.482 e. The van der Waals surface area contributed by atoms with Gasteiger partial charge in [-0.3, -0.25) is 9.59 Å². The molecule has 0 aliphatic heterocycles. The zero-order valence-electron chi connectivity index (χ0n) is 14.3. The number of amides is 2. The quantitative estimate of drug-likeness (QED) is 0.650. The van der Waals surface area contributed by atoms with Crippen LogP contribution in [0.3, 0.4) is 0 Å². The molecule has 0 unspecified atom stereocenters. The predicted octanol–water partition coefficient (Wildman–Crippen LogP) is 2.38. The van der Waals surface area contributed by atoms with E-state index in [0.29, 0.717) is 22.3 Å². The summed E-state index contributed by atoms with van der Waals surface area (Å²) in [5.41, 5.74) is 1.12. The van der Waals surface area contributed by atoms with E-state index >= 15 is 0 Å². The minimum absolute atomic E-state index is 0.0747. The van der Waals surface area contributed by atoms with Crippen molar-refractivity contribution in [1.82, 2.24) is 4.98 Å². The largest absolute Gasteiger partial charge is 0.482 e. The Morgan fingerprint density at radius 3 is 2.50 bits per heavy atom. The van der Waals surface area contributed by atoms with Crippen molar-refractivity contribution in [1.29, 1.82) is 0 Å². The molecular formula is C17H19N3O5S. The fourth-order valence-electron chi connectivity index (χ4n) is 1.84. The van der Waals surface area contributed by atoms with Gasteiger partial charge in [-0.2, -0.15) is 0 Å². The maximum absolute atomic E-state index is 12.1. The number of nitrogens with zero attached hydrogens (tertiary/aromatic N) is 1. The van der Waals surface area contributed by atoms with E-state index in [1.165, 1.54) is 11.3 Å². The number of anilines is 2. The summed E-state index contributed by atoms with van der Waals surface area (Å²) in [5.74, 6) is -1.19. The monoisotopic (exact) mass is 377 g/mol. The Hall–Kier alpha value is -2.94. The number of aromatic nitrogens is 1. The van der Waals surface area contributed by atoms with Crippen LogP contribution in [0.4, 0.5) is 10.8 Å². The van der Waals surface area contributed by atoms with Gasteiger partial charge in [0, 0.05) is 17.0 Å². The lowest BCUT2D eigenvalue weighted by molar-refractivity contribution is -0.139. The fourth-order valence-corrected chi connectivity index (χ4v) is 2.56. The first-order valence-electron chi connectivity index (χ1n) is 7.83. The van der Waals surface area contributed by atoms with Crippen LogP contribution < -0.4 is 15.4 Å². The SMILES string of the molecule is CC(C)C(=O)Nc1nc(CC(=O)Nc2ccc(OCC(=O)O)cc2)cs1. The number of aliphatic carboxylic acids is 1. The molecule has 0 saturated carbocycles. The molecule has 2 rings (SSSR count). The van der Waals surface area contributed by atoms with Crippen LogP contribution in [0.5, 0.6) is 5.75 Å². The Morgan fingerprint density at radius 2 is 1.88 bits per heavy atom. The van der Waals surface area contributed by atoms with Gasteiger partial charge in [-0.1, -0.05) is 13.8 Å². The van der Waals surface area contributed by atoms with Crippen LogP contribution in [0.2, 0.25) is 0 Å². The third-order valence-corrected chi connectivity index (χ3v) is 3.95. The van der Waals surface area contributed by atoms with Gasteiger partial charge >= 0.3 is 5.97 Å². The maximum atomic E-state index is 12.1. The molecule has 1 aromatic heterocycles. The normalized spacial score (nSPS) is 10.4. The first kappa shape index (κ1) is 19.4. The van der Waals surface area contributed by atoms with Crippen molar-refractivity contribution in [2.75, 3.05) is 17.2 Å². The summed E-state index contributed by atoms with van der Waals surface area (Å²) in [6.45, 7) is 3.15. The second kappa shape index (κ2) is 8.95. The Kier molecular flexibility index (Phi) is 6.67. The average Bonchev–Trinajstić information content (AvgIpc) is 3.00. The first-order valence-corrected chi connectivity index (χ1v) is 8.71. The number of carbonyl (C=O) groups excluding carboxylic acids is 2. The fraction of sp³-hybridized carbons (Fsp3) is 0.294. The molecule has 138 valence electrons. The third-order valence-electron chi connectivity index (χ3n) is 3.15. The Bertz CT molecular complexity index is 786. The van der Waals surface area contributed by atoms with Crippen molar-refractivity contribution < 1.29 is 24.2 Å². The second-order valence-electron chi connectivity index (χ2n) is 5.72. The topological polar surface area (TPSA) is 118 Å². The van der Waals surface area contributed by atoms with Gasteiger partial charge in [0.1, 0.15) is 5.75 Å². The van der Waals surface area contributed by atoms with Crippen LogP contribution in [-0.2, 0) is 20.8 Å². The van der Waals surface area contributed by atoms with Gasteiger partial charge in [0.25, 0.3) is 0 Å². The molecule has 3 N–H and O–H groups in total. The van der Waals surface area contributed by atoms with Gasteiger partial charge in [0.05, 0.1) is 12.1 Å². The van der Waals surface area contributed by atoms with Gasteiger partial charge in [-0.05, 0) is 24.3 Å². The molecule has 0 fully saturated rings. The number of hydrogen-bond donors (Lipinski definition) is 3. The number of nitrogens with one attached hydrogen (secondary N) is 2. The lowest BCUT2D eigenvalue weighted by Gasteiger charge is -2.06. The number of thiazole rings is 1. The van der Waals surface area contributed by atoms with E-state index in [-0.39, 0.29) is 24.2 Å². The Morgan fingerprint density at radius 1 is 1.19 bits per heavy atom. The van der Waals surface area contributed by atoms with Crippen LogP contribution in [0.25, 0.3) is 0 Å². The van der Waals surface area contributed by atoms with Crippen LogP contribution in [0, 0.1) is 5.92 Å². The van der Waals surface area contributed by atoms with Crippen molar-refractivity contribution in [3.63, 3.8) is 0 Å². The smallest absolute Gasteiger partial charge is 0.341 e. The summed E-state index contributed by atoms with van der Waals surface area (Å²) in [4.78, 5) is 38.4. The number of benzene rings is 1. The molecule has 0 aliphatic rings. The lowest BCUT2D eigenvalue weighted by atomic mass is 10.2. The Labute approximate surface area is 154 Å². The van der Waals surface area contributed by atoms with Crippen molar-refractivity contribution in [2.24, 2.45) is 5.92 Å². The lowest BCUT2D eigenvalue weighted by Crippen LogP contribution is -2.18. The van der Waals surface area contributed by atoms with Crippen LogP contribution in [0.1, 0.15) is 19.5 Å². The summed E-state index contributed by atoms with van der Waals surface area (Å²) >= 11 is 1.27. The number of rotatable bonds is 8. The van der Waals surface area contributed by atoms with E-state index in [0.717, 1.165) is 0 Å². The van der Waals surface area contributed by atoms with Crippen LogP contribution in [-0.4, -0.2) is 34.5 Å². The van der Waals surface area contributed by atoms with Crippen molar-refractivity contribution in [3.05, 3.63) is 35.3 Å². The van der Waals surface area contributed by atoms with Crippen LogP contribution >= 0.6 is 11.3 Å². The van der Waals surface area contributed by atoms with E-state index in [1.54, 1.807) is 43.5 Å². The molecule has 1 aromatic carbocycles. The maximum Gasteiger partial charge on any atom is 0.341 e. The molecule has 0 bridgehead atoms. The molecule has 2 amide bonds. The van der Waals surface area contributed by atoms with Gasteiger partial charge in [-0.15, -0.1) is 11.3 Å². The van der Waals surface area contributed by atoms with Gasteiger partial charge in [0.15, 0.2) is 11.7 Å². The van der Waals surface area contributed by atoms with E-state index in [9.17, 15) is 14.4 Å². The number of ether oxygens (including phenoxy) is 1. The summed E-state index contributed by atoms with van der Waals surface area (Å²) in [6, 6.07) is 6.37. The highest BCUT2D eigenvalue weighted by molar-refractivity contribution is 7.13. The van der Waals surface area contributed by atoms with Crippen molar-refractivity contribution in [2.45, 2.75) is 20.3 Å². The van der Waals surface area contributed by atoms with Gasteiger partial charge in [0.2, 0.25) is 11.8 Å². The highest BCUT2D eigenvalue weighted by Gasteiger charge is 2.12. The molecule has 0 spiro atoms. The van der Waals surface area contributed by atoms with Crippen molar-refractivity contribution in [3.8, 4) is 5.75 Å². The number of carbonyl (C=O) groups is 3. The van der Waals surface area contributed by atoms with E-state index in [4.69, 9.17) is 9.84 Å². The van der Waals surface area contributed by atoms with Crippen LogP contribution in [0.15, 0.2) is 29.6 Å². The number of carboxylic acid groups (broad SMARTS) is 1. The number of carboxylic acids is 1. The summed E-state index contributed by atoms with van der Waals surface area (Å²) in [7, 11) is 0. The van der Waals surface area contributed by atoms with Gasteiger partial charge in [-0.25, -0.2) is 9.78 Å². The number of hydrogen-bond acceptors (Lipinski definition) is 6. The molecule has 26 heavy (non-hydrogen) atoms. The highest BCUT2D eigenvalue weighted by Crippen LogP contribution is 2.18. The first-order chi connectivity index (χ1) is 12.3. The average molecular weight is 377 g/mol. The van der Waals surface area contributed by atoms with E-state index in [1.807, 2.05) is 0 Å². The zero-order valence-corrected chi connectivity index (χ0v) is 15.1. The molecule has 0 saturated heterocycles.